The molecule has 0 aromatic rings. The zero-order valence-corrected chi connectivity index (χ0v) is 10.00. The molecule has 1 rings (SSSR count). The van der Waals surface area contributed by atoms with Crippen molar-refractivity contribution in [2.24, 2.45) is 5.92 Å². The van der Waals surface area contributed by atoms with E-state index < -0.39 is 0 Å². The zero-order valence-electron chi connectivity index (χ0n) is 10.00. The first-order valence-corrected chi connectivity index (χ1v) is 5.93. The van der Waals surface area contributed by atoms with Crippen LogP contribution >= 0.6 is 0 Å². The van der Waals surface area contributed by atoms with Crippen molar-refractivity contribution in [2.75, 3.05) is 33.4 Å². The van der Waals surface area contributed by atoms with Crippen molar-refractivity contribution in [2.45, 2.75) is 32.6 Å². The van der Waals surface area contributed by atoms with Gasteiger partial charge in [-0.1, -0.05) is 0 Å². The number of hydrogen-bond donors (Lipinski definition) is 0. The summed E-state index contributed by atoms with van der Waals surface area (Å²) in [6.45, 7) is 6.09. The monoisotopic (exact) mass is 213 g/mol. The summed E-state index contributed by atoms with van der Waals surface area (Å²) in [7, 11) is 1.77. The molecule has 0 spiro atoms. The Morgan fingerprint density at radius 2 is 2.27 bits per heavy atom. The Balaban J connectivity index is 2.01. The average Bonchev–Trinajstić information content (AvgIpc) is 2.61. The number of hydrogen-bond acceptors (Lipinski definition) is 3. The molecule has 0 N–H and O–H groups in total. The average molecular weight is 213 g/mol. The Morgan fingerprint density at radius 3 is 2.93 bits per heavy atom. The van der Waals surface area contributed by atoms with Crippen LogP contribution in [0.4, 0.5) is 0 Å². The maximum Gasteiger partial charge on any atom is 0.129 e. The number of unbranched alkanes of at least 4 members (excludes halogenated alkanes) is 1. The molecule has 3 nitrogen and oxygen atoms in total. The third-order valence-electron chi connectivity index (χ3n) is 3.03. The van der Waals surface area contributed by atoms with E-state index in [0.29, 0.717) is 5.78 Å². The lowest BCUT2D eigenvalue weighted by atomic mass is 10.1. The predicted octanol–water partition coefficient (Wildman–Crippen LogP) is 1.71. The third kappa shape index (κ3) is 5.28. The molecule has 0 saturated carbocycles. The van der Waals surface area contributed by atoms with Crippen molar-refractivity contribution in [1.82, 2.24) is 4.90 Å². The van der Waals surface area contributed by atoms with Crippen LogP contribution in [-0.2, 0) is 9.53 Å². The number of ketones is 1. The van der Waals surface area contributed by atoms with Gasteiger partial charge in [0.2, 0.25) is 0 Å². The van der Waals surface area contributed by atoms with Crippen LogP contribution in [0.15, 0.2) is 0 Å². The number of rotatable bonds is 7. The predicted molar refractivity (Wildman–Crippen MR) is 61.0 cm³/mol. The highest BCUT2D eigenvalue weighted by Gasteiger charge is 2.21. The van der Waals surface area contributed by atoms with Crippen molar-refractivity contribution in [3.05, 3.63) is 0 Å². The Labute approximate surface area is 92.8 Å². The van der Waals surface area contributed by atoms with Crippen LogP contribution in [0.25, 0.3) is 0 Å². The quantitative estimate of drug-likeness (QED) is 0.603. The minimum atomic E-state index is 0.314. The summed E-state index contributed by atoms with van der Waals surface area (Å²) >= 11 is 0. The lowest BCUT2D eigenvalue weighted by molar-refractivity contribution is -0.117. The molecular formula is C12H23NO2. The van der Waals surface area contributed by atoms with E-state index in [2.05, 4.69) is 4.90 Å². The minimum Gasteiger partial charge on any atom is -0.384 e. The maximum atomic E-state index is 10.7. The minimum absolute atomic E-state index is 0.314. The van der Waals surface area contributed by atoms with Gasteiger partial charge in [0.15, 0.2) is 0 Å². The summed E-state index contributed by atoms with van der Waals surface area (Å²) in [4.78, 5) is 13.2. The third-order valence-corrected chi connectivity index (χ3v) is 3.03. The van der Waals surface area contributed by atoms with E-state index in [9.17, 15) is 4.79 Å². The van der Waals surface area contributed by atoms with Gasteiger partial charge in [-0.15, -0.1) is 0 Å². The number of ether oxygens (including phenoxy) is 1. The highest BCUT2D eigenvalue weighted by molar-refractivity contribution is 5.75. The van der Waals surface area contributed by atoms with E-state index in [0.717, 1.165) is 38.3 Å². The van der Waals surface area contributed by atoms with Crippen LogP contribution in [0.1, 0.15) is 32.6 Å². The molecule has 0 aromatic heterocycles. The van der Waals surface area contributed by atoms with Crippen molar-refractivity contribution < 1.29 is 9.53 Å². The van der Waals surface area contributed by atoms with Gasteiger partial charge in [-0.25, -0.2) is 0 Å². The number of Topliss-reactive ketones (excluding diaryl/α,β-unsaturated/α-hetero) is 1. The second kappa shape index (κ2) is 6.96. The van der Waals surface area contributed by atoms with Crippen molar-refractivity contribution in [3.8, 4) is 0 Å². The van der Waals surface area contributed by atoms with E-state index in [1.807, 2.05) is 0 Å². The van der Waals surface area contributed by atoms with Crippen LogP contribution in [0.2, 0.25) is 0 Å². The normalized spacial score (nSPS) is 22.1. The van der Waals surface area contributed by atoms with Crippen LogP contribution in [0.3, 0.4) is 0 Å². The Kier molecular flexibility index (Phi) is 5.88. The smallest absolute Gasteiger partial charge is 0.129 e. The van der Waals surface area contributed by atoms with Gasteiger partial charge in [0.1, 0.15) is 5.78 Å². The molecule has 3 heteroatoms. The highest BCUT2D eigenvalue weighted by Crippen LogP contribution is 2.16. The lowest BCUT2D eigenvalue weighted by Crippen LogP contribution is -2.23. The molecule has 1 saturated heterocycles. The van der Waals surface area contributed by atoms with Gasteiger partial charge in [0.05, 0.1) is 6.61 Å². The number of methoxy groups -OCH3 is 1. The standard InChI is InChI=1S/C12H23NO2/c1-11(14)5-3-4-7-13-8-6-12(9-13)10-15-2/h12H,3-10H2,1-2H3. The van der Waals surface area contributed by atoms with Gasteiger partial charge in [-0.3, -0.25) is 0 Å². The molecule has 0 aromatic carbocycles. The lowest BCUT2D eigenvalue weighted by Gasteiger charge is -2.15. The summed E-state index contributed by atoms with van der Waals surface area (Å²) < 4.78 is 5.16. The van der Waals surface area contributed by atoms with E-state index in [1.54, 1.807) is 14.0 Å². The SMILES string of the molecule is COCC1CCN(CCCCC(C)=O)C1. The second-order valence-electron chi connectivity index (χ2n) is 4.57. The molecule has 1 fully saturated rings. The number of carbonyl (C=O) groups excluding carboxylic acids is 1. The molecule has 1 atom stereocenters. The Bertz CT molecular complexity index is 194. The Hall–Kier alpha value is -0.410. The number of likely N-dealkylation sites (tertiary alicyclic amines) is 1. The van der Waals surface area contributed by atoms with Crippen molar-refractivity contribution in [3.63, 3.8) is 0 Å². The van der Waals surface area contributed by atoms with Crippen LogP contribution < -0.4 is 0 Å². The van der Waals surface area contributed by atoms with Gasteiger partial charge in [0, 0.05) is 20.1 Å². The molecule has 0 amide bonds. The summed E-state index contributed by atoms with van der Waals surface area (Å²) in [5.74, 6) is 1.04. The number of carbonyl (C=O) groups is 1. The fourth-order valence-electron chi connectivity index (χ4n) is 2.20. The van der Waals surface area contributed by atoms with E-state index in [-0.39, 0.29) is 0 Å². The van der Waals surface area contributed by atoms with Crippen molar-refractivity contribution in [1.29, 1.82) is 0 Å². The maximum absolute atomic E-state index is 10.7. The molecular weight excluding hydrogens is 190 g/mol. The fourth-order valence-corrected chi connectivity index (χ4v) is 2.20. The molecule has 1 aliphatic heterocycles. The van der Waals surface area contributed by atoms with Gasteiger partial charge in [-0.2, -0.15) is 0 Å². The first-order valence-electron chi connectivity index (χ1n) is 5.93. The first-order chi connectivity index (χ1) is 7.22. The van der Waals surface area contributed by atoms with E-state index in [4.69, 9.17) is 4.74 Å². The molecule has 88 valence electrons. The van der Waals surface area contributed by atoms with E-state index >= 15 is 0 Å². The second-order valence-corrected chi connectivity index (χ2v) is 4.57. The summed E-state index contributed by atoms with van der Waals surface area (Å²) in [6.07, 6.45) is 4.20. The zero-order chi connectivity index (χ0) is 11.1. The molecule has 1 unspecified atom stereocenters. The molecule has 0 aliphatic carbocycles. The molecule has 15 heavy (non-hydrogen) atoms. The molecule has 1 heterocycles. The molecule has 0 radical (unpaired) electrons. The van der Waals surface area contributed by atoms with E-state index in [1.165, 1.54) is 19.5 Å². The summed E-state index contributed by atoms with van der Waals surface area (Å²) in [5, 5.41) is 0. The van der Waals surface area contributed by atoms with Crippen molar-refractivity contribution >= 4 is 5.78 Å². The largest absolute Gasteiger partial charge is 0.384 e. The molecule has 0 bridgehead atoms. The van der Waals surface area contributed by atoms with Gasteiger partial charge >= 0.3 is 0 Å². The van der Waals surface area contributed by atoms with Crippen LogP contribution in [0.5, 0.6) is 0 Å². The molecule has 1 aliphatic rings. The van der Waals surface area contributed by atoms with Gasteiger partial charge < -0.3 is 14.4 Å². The first kappa shape index (κ1) is 12.7. The van der Waals surface area contributed by atoms with Crippen LogP contribution in [-0.4, -0.2) is 44.0 Å². The summed E-state index contributed by atoms with van der Waals surface area (Å²) in [6, 6.07) is 0. The van der Waals surface area contributed by atoms with Gasteiger partial charge in [-0.05, 0) is 45.2 Å². The number of nitrogens with zero attached hydrogens (tertiary/aromatic N) is 1. The van der Waals surface area contributed by atoms with Crippen LogP contribution in [0, 0.1) is 5.92 Å². The topological polar surface area (TPSA) is 29.5 Å². The highest BCUT2D eigenvalue weighted by atomic mass is 16.5. The summed E-state index contributed by atoms with van der Waals surface area (Å²) in [5.41, 5.74) is 0. The Morgan fingerprint density at radius 1 is 1.47 bits per heavy atom. The fraction of sp³-hybridized carbons (Fsp3) is 0.917. The van der Waals surface area contributed by atoms with Gasteiger partial charge in [0.25, 0.3) is 0 Å².